The largest absolute Gasteiger partial charge is 0.311 e. The molecule has 0 amide bonds. The number of fused-ring (bicyclic) bond motifs is 3. The zero-order chi connectivity index (χ0) is 40.7. The van der Waals surface area contributed by atoms with E-state index in [0.29, 0.717) is 5.92 Å². The summed E-state index contributed by atoms with van der Waals surface area (Å²) >= 11 is 0. The number of benzene rings is 8. The van der Waals surface area contributed by atoms with Crippen LogP contribution in [0.15, 0.2) is 206 Å². The molecule has 8 aromatic carbocycles. The predicted molar refractivity (Wildman–Crippen MR) is 254 cm³/mol. The fourth-order valence-electron chi connectivity index (χ4n) is 10.4. The first kappa shape index (κ1) is 37.6. The van der Waals surface area contributed by atoms with Gasteiger partial charge in [-0.2, -0.15) is 0 Å². The maximum atomic E-state index is 2.45. The van der Waals surface area contributed by atoms with E-state index in [4.69, 9.17) is 0 Å². The molecule has 0 aliphatic heterocycles. The lowest BCUT2D eigenvalue weighted by Crippen LogP contribution is -2.33. The number of anilines is 6. The van der Waals surface area contributed by atoms with Gasteiger partial charge in [0.25, 0.3) is 0 Å². The Morgan fingerprint density at radius 3 is 1.42 bits per heavy atom. The maximum Gasteiger partial charge on any atom is 0.0465 e. The number of hydrogen-bond donors (Lipinski definition) is 0. The third kappa shape index (κ3) is 6.71. The average molecular weight is 777 g/mol. The number of nitrogens with zero attached hydrogens (tertiary/aromatic N) is 2. The van der Waals surface area contributed by atoms with Crippen molar-refractivity contribution < 1.29 is 0 Å². The van der Waals surface area contributed by atoms with Crippen molar-refractivity contribution in [2.24, 2.45) is 5.92 Å². The van der Waals surface area contributed by atoms with Gasteiger partial charge in [-0.3, -0.25) is 0 Å². The van der Waals surface area contributed by atoms with Gasteiger partial charge in [0.2, 0.25) is 0 Å². The van der Waals surface area contributed by atoms with E-state index < -0.39 is 0 Å². The molecule has 294 valence electrons. The van der Waals surface area contributed by atoms with E-state index in [1.165, 1.54) is 68.7 Å². The lowest BCUT2D eigenvalue weighted by atomic mass is 9.62. The first-order chi connectivity index (χ1) is 29.4. The molecule has 0 aromatic heterocycles. The molecule has 0 radical (unpaired) electrons. The van der Waals surface area contributed by atoms with Crippen LogP contribution >= 0.6 is 0 Å². The third-order valence-electron chi connectivity index (χ3n) is 13.4. The zero-order valence-corrected chi connectivity index (χ0v) is 34.9. The first-order valence-corrected chi connectivity index (χ1v) is 21.7. The van der Waals surface area contributed by atoms with Crippen molar-refractivity contribution in [1.82, 2.24) is 0 Å². The van der Waals surface area contributed by atoms with E-state index in [1.54, 1.807) is 0 Å². The van der Waals surface area contributed by atoms with Crippen LogP contribution in [0.1, 0.15) is 68.7 Å². The highest BCUT2D eigenvalue weighted by atomic mass is 15.1. The average Bonchev–Trinajstić information content (AvgIpc) is 3.53. The monoisotopic (exact) mass is 776 g/mol. The molecule has 0 N–H and O–H groups in total. The third-order valence-corrected chi connectivity index (χ3v) is 13.4. The zero-order valence-electron chi connectivity index (χ0n) is 34.9. The molecule has 10 rings (SSSR count). The Kier molecular flexibility index (Phi) is 9.73. The highest BCUT2D eigenvalue weighted by molar-refractivity contribution is 5.86. The second-order valence-corrected chi connectivity index (χ2v) is 17.5. The molecule has 8 aromatic rings. The van der Waals surface area contributed by atoms with Gasteiger partial charge in [0.05, 0.1) is 0 Å². The Hall–Kier alpha value is -6.64. The summed E-state index contributed by atoms with van der Waals surface area (Å²) in [5.74, 6) is 0.641. The fourth-order valence-corrected chi connectivity index (χ4v) is 10.4. The Balaban J connectivity index is 1.04. The molecule has 2 nitrogen and oxygen atoms in total. The van der Waals surface area contributed by atoms with Crippen LogP contribution < -0.4 is 9.80 Å². The van der Waals surface area contributed by atoms with E-state index in [1.807, 2.05) is 0 Å². The molecule has 1 saturated carbocycles. The minimum Gasteiger partial charge on any atom is -0.311 e. The number of hydrogen-bond acceptors (Lipinski definition) is 2. The lowest BCUT2D eigenvalue weighted by molar-refractivity contribution is 0.272. The van der Waals surface area contributed by atoms with Crippen LogP contribution in [-0.4, -0.2) is 0 Å². The summed E-state index contributed by atoms with van der Waals surface area (Å²) in [7, 11) is 0. The smallest absolute Gasteiger partial charge is 0.0465 e. The minimum atomic E-state index is -0.0898. The van der Waals surface area contributed by atoms with Crippen molar-refractivity contribution in [3.63, 3.8) is 0 Å². The Morgan fingerprint density at radius 1 is 0.417 bits per heavy atom. The van der Waals surface area contributed by atoms with E-state index in [9.17, 15) is 0 Å². The van der Waals surface area contributed by atoms with Gasteiger partial charge >= 0.3 is 0 Å². The van der Waals surface area contributed by atoms with Gasteiger partial charge < -0.3 is 9.80 Å². The maximum absolute atomic E-state index is 2.45. The van der Waals surface area contributed by atoms with Crippen LogP contribution in [0.5, 0.6) is 0 Å². The van der Waals surface area contributed by atoms with Crippen molar-refractivity contribution in [2.75, 3.05) is 9.80 Å². The fraction of sp³-hybridized carbons (Fsp3) is 0.172. The van der Waals surface area contributed by atoms with E-state index in [2.05, 4.69) is 237 Å². The van der Waals surface area contributed by atoms with Crippen molar-refractivity contribution in [2.45, 2.75) is 57.3 Å². The topological polar surface area (TPSA) is 6.48 Å². The van der Waals surface area contributed by atoms with Crippen LogP contribution in [0.25, 0.3) is 22.3 Å². The first-order valence-electron chi connectivity index (χ1n) is 21.7. The van der Waals surface area contributed by atoms with Gasteiger partial charge in [0, 0.05) is 45.0 Å². The molecule has 2 aliphatic rings. The highest BCUT2D eigenvalue weighted by Crippen LogP contribution is 2.52. The van der Waals surface area contributed by atoms with E-state index in [0.717, 1.165) is 35.6 Å². The van der Waals surface area contributed by atoms with Gasteiger partial charge in [-0.25, -0.2) is 0 Å². The molecule has 60 heavy (non-hydrogen) atoms. The molecule has 0 bridgehead atoms. The van der Waals surface area contributed by atoms with Crippen LogP contribution in [0.2, 0.25) is 0 Å². The summed E-state index contributed by atoms with van der Waals surface area (Å²) < 4.78 is 0. The summed E-state index contributed by atoms with van der Waals surface area (Å²) in [5.41, 5.74) is 17.5. The molecule has 2 atom stereocenters. The number of para-hydroxylation sites is 2. The molecule has 2 heteroatoms. The predicted octanol–water partition coefficient (Wildman–Crippen LogP) is 16.1. The molecular formula is C58H52N2. The highest BCUT2D eigenvalue weighted by Gasteiger charge is 2.39. The Labute approximate surface area is 356 Å². The van der Waals surface area contributed by atoms with Crippen molar-refractivity contribution >= 4 is 34.1 Å². The second-order valence-electron chi connectivity index (χ2n) is 17.5. The summed E-state index contributed by atoms with van der Waals surface area (Å²) in [6, 6.07) is 76.3. The molecule has 0 spiro atoms. The standard InChI is InChI=1S/C58H52N2/c1-42-16-15-39-58(41-42,45-27-33-50(34-28-45)59(47-19-9-5-10-20-47)48-21-11-6-12-22-48)46-29-35-51(36-30-46)60(49-31-25-44(26-32-49)43-17-7-4-8-18-43)52-37-38-54-53-23-13-14-24-55(53)57(2,3)56(54)40-52/h4-14,17-38,40,42H,15-16,39,41H2,1-3H3. The quantitative estimate of drug-likeness (QED) is 0.144. The SMILES string of the molecule is CC1CCCC(c2ccc(N(c3ccccc3)c3ccccc3)cc2)(c2ccc(N(c3ccc(-c4ccccc4)cc3)c3ccc4c(c3)C(C)(C)c3ccccc3-4)cc2)C1. The molecule has 2 unspecified atom stereocenters. The second kappa shape index (κ2) is 15.5. The number of rotatable bonds is 9. The van der Waals surface area contributed by atoms with Crippen LogP contribution in [-0.2, 0) is 10.8 Å². The Morgan fingerprint density at radius 2 is 0.850 bits per heavy atom. The van der Waals surface area contributed by atoms with Crippen molar-refractivity contribution in [1.29, 1.82) is 0 Å². The van der Waals surface area contributed by atoms with Gasteiger partial charge in [0.1, 0.15) is 0 Å². The lowest BCUT2D eigenvalue weighted by Gasteiger charge is -2.42. The molecular weight excluding hydrogens is 725 g/mol. The van der Waals surface area contributed by atoms with Crippen molar-refractivity contribution in [3.05, 3.63) is 229 Å². The van der Waals surface area contributed by atoms with Gasteiger partial charge in [-0.1, -0.05) is 167 Å². The minimum absolute atomic E-state index is 0.0649. The van der Waals surface area contributed by atoms with E-state index >= 15 is 0 Å². The summed E-state index contributed by atoms with van der Waals surface area (Å²) in [5, 5.41) is 0. The van der Waals surface area contributed by atoms with E-state index in [-0.39, 0.29) is 10.8 Å². The van der Waals surface area contributed by atoms with Gasteiger partial charge in [-0.15, -0.1) is 0 Å². The summed E-state index contributed by atoms with van der Waals surface area (Å²) in [6.07, 6.45) is 4.77. The molecule has 2 aliphatic carbocycles. The summed E-state index contributed by atoms with van der Waals surface area (Å²) in [4.78, 5) is 4.80. The summed E-state index contributed by atoms with van der Waals surface area (Å²) in [6.45, 7) is 7.18. The van der Waals surface area contributed by atoms with Gasteiger partial charge in [-0.05, 0) is 136 Å². The van der Waals surface area contributed by atoms with Crippen LogP contribution in [0, 0.1) is 5.92 Å². The normalized spacial score (nSPS) is 17.7. The van der Waals surface area contributed by atoms with Gasteiger partial charge in [0.15, 0.2) is 0 Å². The van der Waals surface area contributed by atoms with Crippen molar-refractivity contribution in [3.8, 4) is 22.3 Å². The molecule has 0 heterocycles. The Bertz CT molecular complexity index is 2680. The molecule has 0 saturated heterocycles. The van der Waals surface area contributed by atoms with Crippen LogP contribution in [0.3, 0.4) is 0 Å². The molecule has 1 fully saturated rings. The van der Waals surface area contributed by atoms with Crippen LogP contribution in [0.4, 0.5) is 34.1 Å².